The number of hydrogen-bond donors (Lipinski definition) is 3. The van der Waals surface area contributed by atoms with Gasteiger partial charge in [-0.25, -0.2) is 4.72 Å². The first-order valence-electron chi connectivity index (χ1n) is 10.8. The van der Waals surface area contributed by atoms with Crippen LogP contribution in [-0.2, 0) is 10.2 Å². The Morgan fingerprint density at radius 1 is 1.17 bits per heavy atom. The molecule has 0 spiro atoms. The van der Waals surface area contributed by atoms with E-state index in [1.165, 1.54) is 17.0 Å². The molecule has 2 heterocycles. The van der Waals surface area contributed by atoms with Gasteiger partial charge in [-0.05, 0) is 30.2 Å². The summed E-state index contributed by atoms with van der Waals surface area (Å²) in [6.07, 6.45) is 2.16. The average Bonchev–Trinajstić information content (AvgIpc) is 3.43. The maximum absolute atomic E-state index is 12.3. The molecule has 0 aliphatic carbocycles. The smallest absolute Gasteiger partial charge is 0.345 e. The van der Waals surface area contributed by atoms with E-state index in [-0.39, 0.29) is 28.7 Å². The number of hydrogen-bond acceptors (Lipinski definition) is 7. The number of nitrogens with zero attached hydrogens (tertiary/aromatic N) is 3. The van der Waals surface area contributed by atoms with Crippen LogP contribution in [0, 0.1) is 0 Å². The van der Waals surface area contributed by atoms with Gasteiger partial charge < -0.3 is 19.7 Å². The van der Waals surface area contributed by atoms with Crippen LogP contribution in [0.15, 0.2) is 74.7 Å². The maximum Gasteiger partial charge on any atom is 0.345 e. The Bertz CT molecular complexity index is 1410. The molecule has 0 radical (unpaired) electrons. The molecule has 1 aliphatic heterocycles. The summed E-state index contributed by atoms with van der Waals surface area (Å²) < 4.78 is 36.2. The van der Waals surface area contributed by atoms with Gasteiger partial charge in [0.05, 0.1) is 17.5 Å². The van der Waals surface area contributed by atoms with E-state index in [1.54, 1.807) is 26.4 Å². The third-order valence-electron chi connectivity index (χ3n) is 5.31. The SMILES string of the molecule is CCC(N=C1NS(=O)(=O)N=C1Nc1cccc(C(=O)N(C)C)c1O)c1cc(-c2ccccc2)co1. The predicted molar refractivity (Wildman–Crippen MR) is 134 cm³/mol. The van der Waals surface area contributed by atoms with Crippen molar-refractivity contribution < 1.29 is 22.7 Å². The highest BCUT2D eigenvalue weighted by molar-refractivity contribution is 7.89. The third-order valence-corrected chi connectivity index (χ3v) is 6.19. The Kier molecular flexibility index (Phi) is 6.61. The molecule has 1 unspecified atom stereocenters. The van der Waals surface area contributed by atoms with Crippen molar-refractivity contribution in [2.24, 2.45) is 9.39 Å². The second kappa shape index (κ2) is 9.63. The summed E-state index contributed by atoms with van der Waals surface area (Å²) in [5, 5.41) is 13.4. The van der Waals surface area contributed by atoms with Gasteiger partial charge in [-0.2, -0.15) is 8.42 Å². The van der Waals surface area contributed by atoms with Crippen LogP contribution in [0.4, 0.5) is 5.69 Å². The van der Waals surface area contributed by atoms with Gasteiger partial charge >= 0.3 is 10.2 Å². The quantitative estimate of drug-likeness (QED) is 0.447. The lowest BCUT2D eigenvalue weighted by atomic mass is 10.1. The van der Waals surface area contributed by atoms with Crippen molar-refractivity contribution in [1.82, 2.24) is 9.62 Å². The molecule has 2 aromatic carbocycles. The number of rotatable bonds is 6. The van der Waals surface area contributed by atoms with Crippen LogP contribution in [0.2, 0.25) is 0 Å². The minimum absolute atomic E-state index is 0.0294. The molecule has 3 aromatic rings. The molecule has 182 valence electrons. The highest BCUT2D eigenvalue weighted by Gasteiger charge is 2.29. The number of aromatic hydroxyl groups is 1. The van der Waals surface area contributed by atoms with Crippen molar-refractivity contribution in [1.29, 1.82) is 0 Å². The van der Waals surface area contributed by atoms with E-state index in [9.17, 15) is 18.3 Å². The highest BCUT2D eigenvalue weighted by atomic mass is 32.2. The number of aliphatic imine (C=N–C) groups is 1. The average molecular weight is 496 g/mol. The number of furan rings is 1. The zero-order valence-corrected chi connectivity index (χ0v) is 20.2. The van der Waals surface area contributed by atoms with Crippen LogP contribution in [0.5, 0.6) is 5.75 Å². The van der Waals surface area contributed by atoms with Crippen LogP contribution in [0.3, 0.4) is 0 Å². The van der Waals surface area contributed by atoms with Crippen LogP contribution in [-0.4, -0.2) is 50.1 Å². The fourth-order valence-corrected chi connectivity index (χ4v) is 4.34. The zero-order chi connectivity index (χ0) is 25.2. The molecule has 1 atom stereocenters. The van der Waals surface area contributed by atoms with E-state index in [0.29, 0.717) is 12.2 Å². The largest absolute Gasteiger partial charge is 0.505 e. The fourth-order valence-electron chi connectivity index (χ4n) is 3.53. The number of amides is 1. The van der Waals surface area contributed by atoms with Crippen LogP contribution >= 0.6 is 0 Å². The van der Waals surface area contributed by atoms with E-state index >= 15 is 0 Å². The molecule has 0 saturated carbocycles. The summed E-state index contributed by atoms with van der Waals surface area (Å²) in [4.78, 5) is 18.2. The predicted octanol–water partition coefficient (Wildman–Crippen LogP) is 3.56. The number of nitrogens with one attached hydrogen (secondary N) is 2. The number of anilines is 1. The Hall–Kier alpha value is -4.12. The summed E-state index contributed by atoms with van der Waals surface area (Å²) in [6.45, 7) is 1.90. The molecule has 0 saturated heterocycles. The van der Waals surface area contributed by atoms with Crippen molar-refractivity contribution in [3.8, 4) is 16.9 Å². The van der Waals surface area contributed by atoms with Crippen LogP contribution < -0.4 is 10.0 Å². The topological polar surface area (TPSA) is 137 Å². The summed E-state index contributed by atoms with van der Waals surface area (Å²) in [6, 6.07) is 15.6. The number of phenolic OH excluding ortho intramolecular Hbond substituents is 1. The van der Waals surface area contributed by atoms with Gasteiger partial charge in [0, 0.05) is 19.7 Å². The first-order valence-corrected chi connectivity index (χ1v) is 12.3. The van der Waals surface area contributed by atoms with E-state index in [4.69, 9.17) is 4.42 Å². The first-order chi connectivity index (χ1) is 16.7. The lowest BCUT2D eigenvalue weighted by Crippen LogP contribution is -2.31. The molecule has 1 aliphatic rings. The molecule has 0 fully saturated rings. The number of phenols is 1. The molecule has 35 heavy (non-hydrogen) atoms. The van der Waals surface area contributed by atoms with Crippen molar-refractivity contribution >= 4 is 33.5 Å². The van der Waals surface area contributed by atoms with Gasteiger partial charge in [-0.15, -0.1) is 4.40 Å². The van der Waals surface area contributed by atoms with Gasteiger partial charge in [0.2, 0.25) is 0 Å². The van der Waals surface area contributed by atoms with Gasteiger partial charge in [0.25, 0.3) is 5.91 Å². The summed E-state index contributed by atoms with van der Waals surface area (Å²) in [5.41, 5.74) is 2.03. The second-order valence-electron chi connectivity index (χ2n) is 8.05. The number of carbonyl (C=O) groups excluding carboxylic acids is 1. The first kappa shape index (κ1) is 24.0. The van der Waals surface area contributed by atoms with E-state index < -0.39 is 22.2 Å². The van der Waals surface area contributed by atoms with Gasteiger partial charge in [0.1, 0.15) is 11.8 Å². The second-order valence-corrected chi connectivity index (χ2v) is 9.39. The zero-order valence-electron chi connectivity index (χ0n) is 19.4. The molecule has 11 heteroatoms. The summed E-state index contributed by atoms with van der Waals surface area (Å²) in [7, 11) is -0.909. The van der Waals surface area contributed by atoms with Gasteiger partial charge in [0.15, 0.2) is 17.4 Å². The molecular formula is C24H25N5O5S. The van der Waals surface area contributed by atoms with Crippen molar-refractivity contribution in [2.75, 3.05) is 19.4 Å². The molecule has 3 N–H and O–H groups in total. The summed E-state index contributed by atoms with van der Waals surface area (Å²) >= 11 is 0. The maximum atomic E-state index is 12.3. The Labute approximate surface area is 203 Å². The fraction of sp³-hybridized carbons (Fsp3) is 0.208. The van der Waals surface area contributed by atoms with Crippen LogP contribution in [0.1, 0.15) is 35.5 Å². The monoisotopic (exact) mass is 495 g/mol. The van der Waals surface area contributed by atoms with Crippen molar-refractivity contribution in [2.45, 2.75) is 19.4 Å². The van der Waals surface area contributed by atoms with E-state index in [2.05, 4.69) is 19.4 Å². The molecule has 10 nitrogen and oxygen atoms in total. The lowest BCUT2D eigenvalue weighted by Gasteiger charge is -2.15. The number of benzene rings is 2. The van der Waals surface area contributed by atoms with E-state index in [0.717, 1.165) is 11.1 Å². The molecule has 4 rings (SSSR count). The molecule has 1 amide bonds. The lowest BCUT2D eigenvalue weighted by molar-refractivity contribution is 0.0824. The number of amidine groups is 2. The van der Waals surface area contributed by atoms with Crippen LogP contribution in [0.25, 0.3) is 11.1 Å². The normalized spacial score (nSPS) is 16.4. The summed E-state index contributed by atoms with van der Waals surface area (Å²) in [5.74, 6) is -0.313. The Morgan fingerprint density at radius 2 is 1.91 bits per heavy atom. The minimum atomic E-state index is -4.03. The third kappa shape index (κ3) is 5.19. The molecule has 1 aromatic heterocycles. The minimum Gasteiger partial charge on any atom is -0.505 e. The molecule has 0 bridgehead atoms. The standard InChI is InChI=1S/C24H25N5O5S/c1-4-18(20-13-16(14-34-20)15-9-6-5-7-10-15)25-22-23(28-35(32,33)27-22)26-19-12-8-11-17(21(19)30)24(31)29(2)3/h5-14,18,30H,4H2,1-3H3,(H,25,27)(H,26,28). The van der Waals surface area contributed by atoms with Crippen molar-refractivity contribution in [3.05, 3.63) is 72.2 Å². The molecular weight excluding hydrogens is 470 g/mol. The highest BCUT2D eigenvalue weighted by Crippen LogP contribution is 2.31. The van der Waals surface area contributed by atoms with Crippen molar-refractivity contribution in [3.63, 3.8) is 0 Å². The number of para-hydroxylation sites is 1. The number of carbonyl (C=O) groups is 1. The Morgan fingerprint density at radius 3 is 2.60 bits per heavy atom. The van der Waals surface area contributed by atoms with Gasteiger partial charge in [-0.3, -0.25) is 9.79 Å². The van der Waals surface area contributed by atoms with Gasteiger partial charge in [-0.1, -0.05) is 43.3 Å². The Balaban J connectivity index is 1.64. The van der Waals surface area contributed by atoms with E-state index in [1.807, 2.05) is 43.3 Å².